The lowest BCUT2D eigenvalue weighted by molar-refractivity contribution is -0.134. The molecule has 0 aliphatic heterocycles. The Balaban J connectivity index is 1.58. The van der Waals surface area contributed by atoms with E-state index in [1.165, 1.54) is 4.88 Å². The van der Waals surface area contributed by atoms with Crippen LogP contribution in [0.4, 0.5) is 5.13 Å². The van der Waals surface area contributed by atoms with Crippen molar-refractivity contribution >= 4 is 22.4 Å². The molecule has 2 fully saturated rings. The van der Waals surface area contributed by atoms with Crippen LogP contribution in [0.15, 0.2) is 0 Å². The molecule has 0 bridgehead atoms. The second-order valence-corrected chi connectivity index (χ2v) is 9.89. The number of aromatic nitrogens is 1. The Morgan fingerprint density at radius 3 is 2.84 bits per heavy atom. The third-order valence-electron chi connectivity index (χ3n) is 6.92. The number of amides is 1. The van der Waals surface area contributed by atoms with E-state index in [0.717, 1.165) is 37.8 Å². The van der Waals surface area contributed by atoms with Crippen molar-refractivity contribution in [3.63, 3.8) is 0 Å². The van der Waals surface area contributed by atoms with Crippen molar-refractivity contribution in [2.45, 2.75) is 70.9 Å². The minimum Gasteiger partial charge on any atom is -0.392 e. The summed E-state index contributed by atoms with van der Waals surface area (Å²) in [6.45, 7) is 6.44. The number of nitrogens with one attached hydrogen (secondary N) is 1. The highest BCUT2D eigenvalue weighted by Crippen LogP contribution is 2.57. The van der Waals surface area contributed by atoms with E-state index in [0.29, 0.717) is 11.2 Å². The zero-order chi connectivity index (χ0) is 17.9. The fraction of sp³-hybridized carbons (Fsp3) is 0.789. The van der Waals surface area contributed by atoms with Gasteiger partial charge >= 0.3 is 0 Å². The Labute approximate surface area is 153 Å². The zero-order valence-electron chi connectivity index (χ0n) is 15.3. The average molecular weight is 364 g/mol. The highest BCUT2D eigenvalue weighted by molar-refractivity contribution is 7.15. The van der Waals surface area contributed by atoms with Crippen LogP contribution in [-0.4, -0.2) is 28.1 Å². The van der Waals surface area contributed by atoms with E-state index >= 15 is 0 Å². The summed E-state index contributed by atoms with van der Waals surface area (Å²) < 4.78 is 0. The van der Waals surface area contributed by atoms with Gasteiger partial charge in [0.05, 0.1) is 11.8 Å². The van der Waals surface area contributed by atoms with Crippen molar-refractivity contribution in [3.8, 4) is 0 Å². The maximum atomic E-state index is 12.5. The molecule has 0 saturated heterocycles. The van der Waals surface area contributed by atoms with Gasteiger partial charge in [-0.05, 0) is 49.4 Å². The van der Waals surface area contributed by atoms with Crippen LogP contribution in [0, 0.1) is 23.2 Å². The molecule has 2 saturated carbocycles. The number of nitrogens with zero attached hydrogens (tertiary/aromatic N) is 1. The first-order chi connectivity index (χ1) is 11.8. The SMILES string of the molecule is C[C@H](C(=O)NC1CC1)[C@H]1CC[C@@]2(C)Cc3sc(N)nc3[C@@H](C)[C@@H]2[C@H]1O. The van der Waals surface area contributed by atoms with Crippen molar-refractivity contribution in [2.75, 3.05) is 5.73 Å². The van der Waals surface area contributed by atoms with Gasteiger partial charge in [0.2, 0.25) is 5.91 Å². The summed E-state index contributed by atoms with van der Waals surface area (Å²) in [7, 11) is 0. The molecule has 3 aliphatic carbocycles. The van der Waals surface area contributed by atoms with E-state index in [1.807, 2.05) is 6.92 Å². The number of nitrogen functional groups attached to an aromatic ring is 1. The summed E-state index contributed by atoms with van der Waals surface area (Å²) in [6, 6.07) is 0.370. The van der Waals surface area contributed by atoms with Gasteiger partial charge in [0.1, 0.15) is 0 Å². The molecule has 0 aromatic carbocycles. The fourth-order valence-corrected chi connectivity index (χ4v) is 6.45. The molecule has 0 unspecified atom stereocenters. The standard InChI is InChI=1S/C19H29N3O2S/c1-9(17(24)21-11-4-5-11)12-6-7-19(3)8-13-15(22-18(20)25-13)10(2)14(19)16(12)23/h9-12,14,16,23H,4-8H2,1-3H3,(H2,20,22)(H,21,24)/t9-,10-,12+,14+,16-,19-/m0/s1. The van der Waals surface area contributed by atoms with Crippen LogP contribution in [-0.2, 0) is 11.2 Å². The molecule has 1 aromatic rings. The minimum atomic E-state index is -0.468. The van der Waals surface area contributed by atoms with Crippen LogP contribution >= 0.6 is 11.3 Å². The lowest BCUT2D eigenvalue weighted by Gasteiger charge is -2.53. The quantitative estimate of drug-likeness (QED) is 0.770. The Morgan fingerprint density at radius 1 is 1.44 bits per heavy atom. The first-order valence-electron chi connectivity index (χ1n) is 9.53. The van der Waals surface area contributed by atoms with Gasteiger partial charge in [-0.3, -0.25) is 4.79 Å². The number of hydrogen-bond donors (Lipinski definition) is 3. The molecule has 0 spiro atoms. The first-order valence-corrected chi connectivity index (χ1v) is 10.4. The van der Waals surface area contributed by atoms with Crippen LogP contribution in [0.5, 0.6) is 0 Å². The van der Waals surface area contributed by atoms with Gasteiger partial charge in [-0.1, -0.05) is 20.8 Å². The molecule has 138 valence electrons. The molecular weight excluding hydrogens is 334 g/mol. The number of aliphatic hydroxyl groups excluding tert-OH is 1. The highest BCUT2D eigenvalue weighted by Gasteiger charge is 2.53. The van der Waals surface area contributed by atoms with Crippen molar-refractivity contribution in [2.24, 2.45) is 23.2 Å². The van der Waals surface area contributed by atoms with Gasteiger partial charge in [-0.25, -0.2) is 4.98 Å². The fourth-order valence-electron chi connectivity index (χ4n) is 5.32. The van der Waals surface area contributed by atoms with E-state index in [1.54, 1.807) is 11.3 Å². The number of hydrogen-bond acceptors (Lipinski definition) is 5. The number of rotatable bonds is 3. The summed E-state index contributed by atoms with van der Waals surface area (Å²) in [5, 5.41) is 15.0. The maximum absolute atomic E-state index is 12.5. The van der Waals surface area contributed by atoms with E-state index in [4.69, 9.17) is 5.73 Å². The predicted molar refractivity (Wildman–Crippen MR) is 99.3 cm³/mol. The number of carbonyl (C=O) groups excluding carboxylic acids is 1. The number of fused-ring (bicyclic) bond motifs is 2. The number of nitrogens with two attached hydrogens (primary N) is 1. The lowest BCUT2D eigenvalue weighted by Crippen LogP contribution is -2.53. The average Bonchev–Trinajstić information content (AvgIpc) is 3.27. The molecule has 1 heterocycles. The van der Waals surface area contributed by atoms with Crippen LogP contribution in [0.3, 0.4) is 0 Å². The summed E-state index contributed by atoms with van der Waals surface area (Å²) >= 11 is 1.60. The Kier molecular flexibility index (Phi) is 4.11. The molecule has 6 heteroatoms. The minimum absolute atomic E-state index is 0.0248. The van der Waals surface area contributed by atoms with Crippen molar-refractivity contribution in [1.29, 1.82) is 0 Å². The Bertz CT molecular complexity index is 686. The molecule has 1 aromatic heterocycles. The van der Waals surface area contributed by atoms with Gasteiger partial charge in [0, 0.05) is 22.8 Å². The largest absolute Gasteiger partial charge is 0.392 e. The molecule has 3 aliphatic rings. The summed E-state index contributed by atoms with van der Waals surface area (Å²) in [6.07, 6.45) is 4.61. The molecule has 25 heavy (non-hydrogen) atoms. The highest BCUT2D eigenvalue weighted by atomic mass is 32.1. The van der Waals surface area contributed by atoms with E-state index in [2.05, 4.69) is 24.1 Å². The van der Waals surface area contributed by atoms with Crippen molar-refractivity contribution < 1.29 is 9.90 Å². The topological polar surface area (TPSA) is 88.2 Å². The second kappa shape index (κ2) is 5.95. The molecular formula is C19H29N3O2S. The van der Waals surface area contributed by atoms with Crippen LogP contribution in [0.25, 0.3) is 0 Å². The smallest absolute Gasteiger partial charge is 0.223 e. The monoisotopic (exact) mass is 363 g/mol. The number of carbonyl (C=O) groups is 1. The van der Waals surface area contributed by atoms with E-state index < -0.39 is 6.10 Å². The summed E-state index contributed by atoms with van der Waals surface area (Å²) in [5.41, 5.74) is 7.08. The summed E-state index contributed by atoms with van der Waals surface area (Å²) in [5.74, 6) is 0.304. The second-order valence-electron chi connectivity index (χ2n) is 8.77. The number of thiazole rings is 1. The first kappa shape index (κ1) is 17.3. The van der Waals surface area contributed by atoms with E-state index in [-0.39, 0.29) is 35.0 Å². The van der Waals surface area contributed by atoms with Gasteiger partial charge in [-0.2, -0.15) is 0 Å². The van der Waals surface area contributed by atoms with Crippen LogP contribution in [0.1, 0.15) is 62.9 Å². The third kappa shape index (κ3) is 2.87. The summed E-state index contributed by atoms with van der Waals surface area (Å²) in [4.78, 5) is 18.3. The van der Waals surface area contributed by atoms with Crippen molar-refractivity contribution in [1.82, 2.24) is 10.3 Å². The molecule has 4 N–H and O–H groups in total. The van der Waals surface area contributed by atoms with Crippen molar-refractivity contribution in [3.05, 3.63) is 10.6 Å². The molecule has 1 amide bonds. The molecule has 6 atom stereocenters. The maximum Gasteiger partial charge on any atom is 0.223 e. The Morgan fingerprint density at radius 2 is 2.16 bits per heavy atom. The van der Waals surface area contributed by atoms with Gasteiger partial charge in [0.25, 0.3) is 0 Å². The predicted octanol–water partition coefficient (Wildman–Crippen LogP) is 2.69. The van der Waals surface area contributed by atoms with Gasteiger partial charge in [-0.15, -0.1) is 11.3 Å². The molecule has 0 radical (unpaired) electrons. The van der Waals surface area contributed by atoms with Gasteiger partial charge < -0.3 is 16.2 Å². The number of anilines is 1. The van der Waals surface area contributed by atoms with Gasteiger partial charge in [0.15, 0.2) is 5.13 Å². The van der Waals surface area contributed by atoms with Crippen LogP contribution in [0.2, 0.25) is 0 Å². The molecule has 4 rings (SSSR count). The lowest BCUT2D eigenvalue weighted by atomic mass is 9.53. The third-order valence-corrected chi connectivity index (χ3v) is 7.82. The zero-order valence-corrected chi connectivity index (χ0v) is 16.1. The Hall–Kier alpha value is -1.14. The normalized spacial score (nSPS) is 38.6. The molecule has 5 nitrogen and oxygen atoms in total. The number of aliphatic hydroxyl groups is 1. The van der Waals surface area contributed by atoms with Crippen LogP contribution < -0.4 is 11.1 Å². The van der Waals surface area contributed by atoms with E-state index in [9.17, 15) is 9.90 Å².